The standard InChI is InChI=1S/C22H30ClNO6/c1-12-15(19(25)26)11-16(23)18-17(12)28-22(5,29-18)13-7-9-14(10-8-13)24(6)20(27)30-21(2,3)4/h11,13-14H,7-10H2,1-6H3,(H,25,26). The summed E-state index contributed by atoms with van der Waals surface area (Å²) in [6, 6.07) is 1.49. The molecule has 1 atom stereocenters. The number of carbonyl (C=O) groups is 2. The average Bonchev–Trinajstić information content (AvgIpc) is 3.02. The van der Waals surface area contributed by atoms with Crippen molar-refractivity contribution in [1.29, 1.82) is 0 Å². The maximum absolute atomic E-state index is 12.4. The molecule has 1 amide bonds. The number of carboxylic acid groups (broad SMARTS) is 1. The molecule has 0 spiro atoms. The number of hydrogen-bond acceptors (Lipinski definition) is 5. The van der Waals surface area contributed by atoms with Crippen LogP contribution in [0.2, 0.25) is 5.02 Å². The molecule has 30 heavy (non-hydrogen) atoms. The topological polar surface area (TPSA) is 85.3 Å². The molecule has 7 nitrogen and oxygen atoms in total. The van der Waals surface area contributed by atoms with E-state index in [0.717, 1.165) is 25.7 Å². The number of nitrogens with zero attached hydrogens (tertiary/aromatic N) is 1. The van der Waals surface area contributed by atoms with E-state index < -0.39 is 17.4 Å². The van der Waals surface area contributed by atoms with Gasteiger partial charge in [-0.15, -0.1) is 0 Å². The van der Waals surface area contributed by atoms with Gasteiger partial charge in [0.15, 0.2) is 11.5 Å². The van der Waals surface area contributed by atoms with Crippen LogP contribution in [0, 0.1) is 12.8 Å². The summed E-state index contributed by atoms with van der Waals surface area (Å²) in [5.41, 5.74) is 0.0810. The van der Waals surface area contributed by atoms with Crippen molar-refractivity contribution in [3.63, 3.8) is 0 Å². The Hall–Kier alpha value is -2.15. The number of carbonyl (C=O) groups excluding carboxylic acids is 1. The summed E-state index contributed by atoms with van der Waals surface area (Å²) < 4.78 is 17.8. The van der Waals surface area contributed by atoms with E-state index in [2.05, 4.69) is 0 Å². The Labute approximate surface area is 182 Å². The molecule has 8 heteroatoms. The van der Waals surface area contributed by atoms with Crippen molar-refractivity contribution in [2.45, 2.75) is 77.7 Å². The molecule has 1 aromatic carbocycles. The largest absolute Gasteiger partial charge is 0.478 e. The van der Waals surface area contributed by atoms with Crippen LogP contribution in [0.15, 0.2) is 6.07 Å². The molecule has 1 aromatic rings. The maximum atomic E-state index is 12.4. The molecular formula is C22H30ClNO6. The number of aromatic carboxylic acids is 1. The Morgan fingerprint density at radius 1 is 1.20 bits per heavy atom. The van der Waals surface area contributed by atoms with Gasteiger partial charge in [0, 0.05) is 31.5 Å². The minimum Gasteiger partial charge on any atom is -0.478 e. The lowest BCUT2D eigenvalue weighted by Gasteiger charge is -2.40. The summed E-state index contributed by atoms with van der Waals surface area (Å²) >= 11 is 6.28. The number of halogens is 1. The summed E-state index contributed by atoms with van der Waals surface area (Å²) in [6.45, 7) is 9.12. The Morgan fingerprint density at radius 2 is 1.77 bits per heavy atom. The number of benzene rings is 1. The lowest BCUT2D eigenvalue weighted by atomic mass is 9.81. The number of hydrogen-bond donors (Lipinski definition) is 1. The molecule has 0 aromatic heterocycles. The molecule has 1 saturated carbocycles. The highest BCUT2D eigenvalue weighted by molar-refractivity contribution is 6.32. The highest BCUT2D eigenvalue weighted by atomic mass is 35.5. The van der Waals surface area contributed by atoms with Gasteiger partial charge in [-0.05, 0) is 59.4 Å². The Balaban J connectivity index is 1.69. The summed E-state index contributed by atoms with van der Waals surface area (Å²) in [4.78, 5) is 25.5. The summed E-state index contributed by atoms with van der Waals surface area (Å²) in [6.07, 6.45) is 2.87. The van der Waals surface area contributed by atoms with Crippen LogP contribution in [-0.2, 0) is 4.74 Å². The lowest BCUT2D eigenvalue weighted by molar-refractivity contribution is -0.123. The van der Waals surface area contributed by atoms with E-state index in [-0.39, 0.29) is 28.6 Å². The zero-order chi connectivity index (χ0) is 22.4. The summed E-state index contributed by atoms with van der Waals surface area (Å²) in [5, 5.41) is 9.63. The fraction of sp³-hybridized carbons (Fsp3) is 0.636. The number of ether oxygens (including phenoxy) is 3. The van der Waals surface area contributed by atoms with E-state index in [0.29, 0.717) is 17.1 Å². The summed E-state index contributed by atoms with van der Waals surface area (Å²) in [7, 11) is 1.77. The second-order valence-corrected chi connectivity index (χ2v) is 9.72. The second-order valence-electron chi connectivity index (χ2n) is 9.31. The number of rotatable bonds is 3. The van der Waals surface area contributed by atoms with Crippen LogP contribution in [0.25, 0.3) is 0 Å². The van der Waals surface area contributed by atoms with E-state index in [9.17, 15) is 14.7 Å². The zero-order valence-corrected chi connectivity index (χ0v) is 19.1. The fourth-order valence-corrected chi connectivity index (χ4v) is 4.44. The van der Waals surface area contributed by atoms with Crippen LogP contribution in [0.3, 0.4) is 0 Å². The van der Waals surface area contributed by atoms with Gasteiger partial charge in [0.1, 0.15) is 5.60 Å². The van der Waals surface area contributed by atoms with Gasteiger partial charge in [0.25, 0.3) is 5.79 Å². The molecule has 0 bridgehead atoms. The van der Waals surface area contributed by atoms with E-state index >= 15 is 0 Å². The van der Waals surface area contributed by atoms with Crippen molar-refractivity contribution in [3.8, 4) is 11.5 Å². The van der Waals surface area contributed by atoms with E-state index in [1.807, 2.05) is 27.7 Å². The minimum absolute atomic E-state index is 0.0805. The van der Waals surface area contributed by atoms with E-state index in [4.69, 9.17) is 25.8 Å². The smallest absolute Gasteiger partial charge is 0.410 e. The van der Waals surface area contributed by atoms with E-state index in [1.54, 1.807) is 18.9 Å². The SMILES string of the molecule is Cc1c(C(=O)O)cc(Cl)c2c1OC(C)(C1CCC(N(C)C(=O)OC(C)(C)C)CC1)O2. The molecule has 0 radical (unpaired) electrons. The molecule has 1 unspecified atom stereocenters. The number of amides is 1. The van der Waals surface area contributed by atoms with Crippen LogP contribution >= 0.6 is 11.6 Å². The van der Waals surface area contributed by atoms with Gasteiger partial charge < -0.3 is 24.2 Å². The third kappa shape index (κ3) is 4.31. The van der Waals surface area contributed by atoms with Gasteiger partial charge in [0.05, 0.1) is 10.6 Å². The van der Waals surface area contributed by atoms with Gasteiger partial charge in [-0.25, -0.2) is 9.59 Å². The van der Waals surface area contributed by atoms with Crippen LogP contribution in [-0.4, -0.2) is 46.5 Å². The third-order valence-electron chi connectivity index (χ3n) is 5.95. The highest BCUT2D eigenvalue weighted by Gasteiger charge is 2.48. The third-order valence-corrected chi connectivity index (χ3v) is 6.23. The number of fused-ring (bicyclic) bond motifs is 1. The van der Waals surface area contributed by atoms with Gasteiger partial charge in [-0.3, -0.25) is 0 Å². The first-order valence-corrected chi connectivity index (χ1v) is 10.6. The Kier molecular flexibility index (Phi) is 5.89. The van der Waals surface area contributed by atoms with Gasteiger partial charge in [-0.2, -0.15) is 0 Å². The van der Waals surface area contributed by atoms with Crippen molar-refractivity contribution < 1.29 is 28.9 Å². The van der Waals surface area contributed by atoms with Crippen molar-refractivity contribution in [2.24, 2.45) is 5.92 Å². The van der Waals surface area contributed by atoms with Crippen molar-refractivity contribution in [2.75, 3.05) is 7.05 Å². The first-order valence-electron chi connectivity index (χ1n) is 10.2. The summed E-state index contributed by atoms with van der Waals surface area (Å²) in [5.74, 6) is -1.11. The molecular weight excluding hydrogens is 410 g/mol. The predicted octanol–water partition coefficient (Wildman–Crippen LogP) is 5.26. The van der Waals surface area contributed by atoms with Crippen LogP contribution < -0.4 is 9.47 Å². The van der Waals surface area contributed by atoms with Gasteiger partial charge in [0.2, 0.25) is 0 Å². The van der Waals surface area contributed by atoms with Crippen LogP contribution in [0.1, 0.15) is 69.3 Å². The van der Waals surface area contributed by atoms with Crippen LogP contribution in [0.5, 0.6) is 11.5 Å². The zero-order valence-electron chi connectivity index (χ0n) is 18.4. The van der Waals surface area contributed by atoms with Crippen molar-refractivity contribution >= 4 is 23.7 Å². The van der Waals surface area contributed by atoms with Crippen LogP contribution in [0.4, 0.5) is 4.79 Å². The molecule has 1 N–H and O–H groups in total. The van der Waals surface area contributed by atoms with Gasteiger partial charge >= 0.3 is 12.1 Å². The Morgan fingerprint density at radius 3 is 2.30 bits per heavy atom. The van der Waals surface area contributed by atoms with Gasteiger partial charge in [-0.1, -0.05) is 11.6 Å². The Bertz CT molecular complexity index is 856. The molecule has 166 valence electrons. The highest BCUT2D eigenvalue weighted by Crippen LogP contribution is 2.51. The molecule has 0 saturated heterocycles. The monoisotopic (exact) mass is 439 g/mol. The first-order chi connectivity index (χ1) is 13.8. The average molecular weight is 440 g/mol. The molecule has 1 fully saturated rings. The molecule has 3 rings (SSSR count). The lowest BCUT2D eigenvalue weighted by Crippen LogP contribution is -2.48. The molecule has 1 aliphatic heterocycles. The quantitative estimate of drug-likeness (QED) is 0.691. The molecule has 2 aliphatic rings. The normalized spacial score (nSPS) is 25.7. The minimum atomic E-state index is -1.06. The number of carboxylic acids is 1. The van der Waals surface area contributed by atoms with Crippen molar-refractivity contribution in [1.82, 2.24) is 4.90 Å². The van der Waals surface area contributed by atoms with E-state index in [1.165, 1.54) is 6.07 Å². The molecule has 1 aliphatic carbocycles. The fourth-order valence-electron chi connectivity index (χ4n) is 4.21. The van der Waals surface area contributed by atoms with Crippen molar-refractivity contribution in [3.05, 3.63) is 22.2 Å². The predicted molar refractivity (Wildman–Crippen MR) is 113 cm³/mol. The maximum Gasteiger partial charge on any atom is 0.410 e. The first kappa shape index (κ1) is 22.5. The molecule has 1 heterocycles. The second kappa shape index (κ2) is 7.84.